The van der Waals surface area contributed by atoms with Crippen molar-refractivity contribution < 1.29 is 23.6 Å². The average Bonchev–Trinajstić information content (AvgIpc) is 3.61. The fraction of sp³-hybridized carbons (Fsp3) is 0.500. The molecule has 3 atom stereocenters. The Balaban J connectivity index is 1.38. The van der Waals surface area contributed by atoms with Gasteiger partial charge in [0.25, 0.3) is 0 Å². The molecule has 0 spiro atoms. The zero-order chi connectivity index (χ0) is 29.4. The molecule has 3 amide bonds. The van der Waals surface area contributed by atoms with Crippen molar-refractivity contribution in [2.75, 3.05) is 26.7 Å². The van der Waals surface area contributed by atoms with Crippen molar-refractivity contribution in [2.45, 2.75) is 64.5 Å². The molecule has 1 saturated carbocycles. The Hall–Kier alpha value is -3.59. The summed E-state index contributed by atoms with van der Waals surface area (Å²) in [5.74, 6) is 0.0940. The maximum absolute atomic E-state index is 14.5. The van der Waals surface area contributed by atoms with Crippen LogP contribution in [0.3, 0.4) is 0 Å². The number of rotatable bonds is 7. The first kappa shape index (κ1) is 28.5. The van der Waals surface area contributed by atoms with Crippen LogP contribution in [0.1, 0.15) is 68.3 Å². The first-order valence-electron chi connectivity index (χ1n) is 14.9. The average molecular weight is 593 g/mol. The summed E-state index contributed by atoms with van der Waals surface area (Å²) in [5, 5.41) is 8.51. The molecule has 1 saturated heterocycles. The van der Waals surface area contributed by atoms with E-state index in [1.807, 2.05) is 53.1 Å². The number of likely N-dealkylation sites (tertiary alicyclic amines) is 1. The zero-order valence-electron chi connectivity index (χ0n) is 24.2. The summed E-state index contributed by atoms with van der Waals surface area (Å²) < 4.78 is 11.9. The standard InChI is InChI=1S/C32H37ClN4O5/c1-32(31(40)34-2)15-6-5-9-22(32)30(39)37-17-14-20-23(33)12-13-27(29(20)25(37)18-36-16-7-11-28(36)38)41-19-24-21-8-3-4-10-26(21)42-35-24/h3-4,8,10,12-13,22,25H,5-7,9,11,14-19H2,1-2H3,(H,34,40)/t22-,25+,32-/m0/s1. The summed E-state index contributed by atoms with van der Waals surface area (Å²) in [4.78, 5) is 44.1. The van der Waals surface area contributed by atoms with Crippen LogP contribution >= 0.6 is 11.6 Å². The molecule has 0 unspecified atom stereocenters. The first-order chi connectivity index (χ1) is 20.3. The highest BCUT2D eigenvalue weighted by molar-refractivity contribution is 6.31. The Morgan fingerprint density at radius 3 is 2.76 bits per heavy atom. The van der Waals surface area contributed by atoms with Gasteiger partial charge in [0.15, 0.2) is 5.58 Å². The van der Waals surface area contributed by atoms with Gasteiger partial charge in [-0.3, -0.25) is 14.4 Å². The van der Waals surface area contributed by atoms with Crippen molar-refractivity contribution in [1.29, 1.82) is 0 Å². The summed E-state index contributed by atoms with van der Waals surface area (Å²) in [5.41, 5.74) is 2.32. The molecule has 10 heteroatoms. The molecule has 3 aliphatic rings. The van der Waals surface area contributed by atoms with E-state index < -0.39 is 17.4 Å². The lowest BCUT2D eigenvalue weighted by molar-refractivity contribution is -0.153. The molecule has 0 bridgehead atoms. The second kappa shape index (κ2) is 11.6. The number of para-hydroxylation sites is 1. The molecule has 1 aliphatic carbocycles. The minimum Gasteiger partial charge on any atom is -0.487 e. The van der Waals surface area contributed by atoms with E-state index in [0.29, 0.717) is 67.4 Å². The normalized spacial score (nSPS) is 24.1. The minimum atomic E-state index is -0.792. The minimum absolute atomic E-state index is 0.0449. The maximum atomic E-state index is 14.5. The third-order valence-corrected chi connectivity index (χ3v) is 9.84. The second-order valence-corrected chi connectivity index (χ2v) is 12.3. The lowest BCUT2D eigenvalue weighted by Crippen LogP contribution is -2.54. The quantitative estimate of drug-likeness (QED) is 0.412. The van der Waals surface area contributed by atoms with Crippen molar-refractivity contribution in [1.82, 2.24) is 20.3 Å². The Morgan fingerprint density at radius 2 is 1.98 bits per heavy atom. The van der Waals surface area contributed by atoms with E-state index in [9.17, 15) is 14.4 Å². The number of aromatic nitrogens is 1. The number of carbonyl (C=O) groups excluding carboxylic acids is 3. The summed E-state index contributed by atoms with van der Waals surface area (Å²) in [7, 11) is 1.63. The van der Waals surface area contributed by atoms with Gasteiger partial charge in [0.1, 0.15) is 18.1 Å². The molecule has 0 radical (unpaired) electrons. The van der Waals surface area contributed by atoms with Gasteiger partial charge in [0.05, 0.1) is 17.4 Å². The Morgan fingerprint density at radius 1 is 1.14 bits per heavy atom. The smallest absolute Gasteiger partial charge is 0.227 e. The monoisotopic (exact) mass is 592 g/mol. The molecule has 9 nitrogen and oxygen atoms in total. The summed E-state index contributed by atoms with van der Waals surface area (Å²) in [6.45, 7) is 3.54. The molecule has 2 fully saturated rings. The van der Waals surface area contributed by atoms with Gasteiger partial charge in [0.2, 0.25) is 17.7 Å². The molecule has 1 N–H and O–H groups in total. The molecule has 2 aliphatic heterocycles. The summed E-state index contributed by atoms with van der Waals surface area (Å²) in [6, 6.07) is 10.8. The highest BCUT2D eigenvalue weighted by Crippen LogP contribution is 2.46. The molecular weight excluding hydrogens is 556 g/mol. The Labute approximate surface area is 250 Å². The van der Waals surface area contributed by atoms with Gasteiger partial charge in [-0.1, -0.05) is 41.7 Å². The lowest BCUT2D eigenvalue weighted by Gasteiger charge is -2.46. The number of nitrogens with one attached hydrogen (secondary N) is 1. The van der Waals surface area contributed by atoms with E-state index in [4.69, 9.17) is 20.9 Å². The van der Waals surface area contributed by atoms with Gasteiger partial charge in [-0.25, -0.2) is 0 Å². The zero-order valence-corrected chi connectivity index (χ0v) is 24.9. The van der Waals surface area contributed by atoms with Gasteiger partial charge in [-0.15, -0.1) is 0 Å². The Bertz CT molecular complexity index is 1520. The molecular formula is C32H37ClN4O5. The van der Waals surface area contributed by atoms with Gasteiger partial charge in [-0.05, 0) is 62.4 Å². The van der Waals surface area contributed by atoms with Crippen LogP contribution in [0.5, 0.6) is 5.75 Å². The van der Waals surface area contributed by atoms with Crippen molar-refractivity contribution in [3.63, 3.8) is 0 Å². The molecule has 2 aromatic carbocycles. The molecule has 6 rings (SSSR count). The number of carbonyl (C=O) groups is 3. The van der Waals surface area contributed by atoms with E-state index in [2.05, 4.69) is 10.5 Å². The number of hydrogen-bond acceptors (Lipinski definition) is 6. The number of nitrogens with zero attached hydrogens (tertiary/aromatic N) is 3. The number of fused-ring (bicyclic) bond motifs is 2. The van der Waals surface area contributed by atoms with Gasteiger partial charge < -0.3 is 24.4 Å². The summed E-state index contributed by atoms with van der Waals surface area (Å²) in [6.07, 6.45) is 4.97. The van der Waals surface area contributed by atoms with Gasteiger partial charge in [-0.2, -0.15) is 0 Å². The number of halogens is 1. The molecule has 222 valence electrons. The van der Waals surface area contributed by atoms with E-state index in [0.717, 1.165) is 35.8 Å². The van der Waals surface area contributed by atoms with Gasteiger partial charge in [0, 0.05) is 49.1 Å². The largest absolute Gasteiger partial charge is 0.487 e. The molecule has 3 aromatic rings. The summed E-state index contributed by atoms with van der Waals surface area (Å²) >= 11 is 6.76. The van der Waals surface area contributed by atoms with Gasteiger partial charge >= 0.3 is 0 Å². The SMILES string of the molecule is CNC(=O)[C@@]1(C)CCCC[C@H]1C(=O)N1CCc2c(Cl)ccc(OCc3noc4ccccc34)c2[C@H]1CN1CCCC1=O. The van der Waals surface area contributed by atoms with E-state index in [-0.39, 0.29) is 24.3 Å². The molecule has 3 heterocycles. The second-order valence-electron chi connectivity index (χ2n) is 11.9. The highest BCUT2D eigenvalue weighted by atomic mass is 35.5. The number of amides is 3. The predicted molar refractivity (Wildman–Crippen MR) is 158 cm³/mol. The number of hydrogen-bond donors (Lipinski definition) is 1. The van der Waals surface area contributed by atoms with Crippen LogP contribution in [0.25, 0.3) is 11.0 Å². The van der Waals surface area contributed by atoms with Crippen molar-refractivity contribution in [3.05, 3.63) is 58.2 Å². The topological polar surface area (TPSA) is 105 Å². The third kappa shape index (κ3) is 5.02. The van der Waals surface area contributed by atoms with Crippen LogP contribution in [0.2, 0.25) is 5.02 Å². The van der Waals surface area contributed by atoms with E-state index in [1.54, 1.807) is 7.05 Å². The number of benzene rings is 2. The first-order valence-corrected chi connectivity index (χ1v) is 15.3. The Kier molecular flexibility index (Phi) is 7.87. The lowest BCUT2D eigenvalue weighted by atomic mass is 9.66. The molecule has 1 aromatic heterocycles. The van der Waals surface area contributed by atoms with Crippen LogP contribution in [0, 0.1) is 11.3 Å². The fourth-order valence-corrected chi connectivity index (χ4v) is 7.40. The van der Waals surface area contributed by atoms with Crippen LogP contribution in [-0.2, 0) is 27.4 Å². The molecule has 42 heavy (non-hydrogen) atoms. The van der Waals surface area contributed by atoms with Crippen molar-refractivity contribution >= 4 is 40.3 Å². The highest BCUT2D eigenvalue weighted by Gasteiger charge is 2.49. The van der Waals surface area contributed by atoms with Crippen molar-refractivity contribution in [2.24, 2.45) is 11.3 Å². The van der Waals surface area contributed by atoms with Crippen LogP contribution in [0.4, 0.5) is 0 Å². The van der Waals surface area contributed by atoms with E-state index in [1.165, 1.54) is 0 Å². The number of ether oxygens (including phenoxy) is 1. The maximum Gasteiger partial charge on any atom is 0.227 e. The van der Waals surface area contributed by atoms with Crippen LogP contribution < -0.4 is 10.1 Å². The van der Waals surface area contributed by atoms with Crippen LogP contribution in [0.15, 0.2) is 40.9 Å². The van der Waals surface area contributed by atoms with E-state index >= 15 is 0 Å². The van der Waals surface area contributed by atoms with Crippen LogP contribution in [-0.4, -0.2) is 59.4 Å². The fourth-order valence-electron chi connectivity index (χ4n) is 7.14. The predicted octanol–water partition coefficient (Wildman–Crippen LogP) is 5.05. The third-order valence-electron chi connectivity index (χ3n) is 9.49. The van der Waals surface area contributed by atoms with Crippen molar-refractivity contribution in [3.8, 4) is 5.75 Å².